The van der Waals surface area contributed by atoms with Gasteiger partial charge in [-0.2, -0.15) is 0 Å². The molecule has 35 heavy (non-hydrogen) atoms. The van der Waals surface area contributed by atoms with Gasteiger partial charge in [0.15, 0.2) is 5.76 Å². The van der Waals surface area contributed by atoms with Crippen LogP contribution in [0.3, 0.4) is 0 Å². The fraction of sp³-hybridized carbons (Fsp3) is 0.370. The van der Waals surface area contributed by atoms with Crippen molar-refractivity contribution < 1.29 is 19.4 Å². The van der Waals surface area contributed by atoms with Crippen molar-refractivity contribution in [1.29, 1.82) is 0 Å². The molecule has 0 radical (unpaired) electrons. The number of hydrogen-bond acceptors (Lipinski definition) is 6. The lowest BCUT2D eigenvalue weighted by Crippen LogP contribution is -2.42. The third-order valence-electron chi connectivity index (χ3n) is 6.94. The predicted molar refractivity (Wildman–Crippen MR) is 132 cm³/mol. The molecule has 2 aliphatic heterocycles. The van der Waals surface area contributed by atoms with Crippen LogP contribution in [0.2, 0.25) is 0 Å². The molecule has 182 valence electrons. The number of ether oxygens (including phenoxy) is 1. The first-order valence-corrected chi connectivity index (χ1v) is 12.0. The summed E-state index contributed by atoms with van der Waals surface area (Å²) in [5.41, 5.74) is 4.67. The van der Waals surface area contributed by atoms with Crippen LogP contribution in [0.15, 0.2) is 48.2 Å². The van der Waals surface area contributed by atoms with E-state index in [1.165, 1.54) is 0 Å². The predicted octanol–water partition coefficient (Wildman–Crippen LogP) is 3.01. The minimum Gasteiger partial charge on any atom is -0.505 e. The molecule has 0 aliphatic carbocycles. The van der Waals surface area contributed by atoms with E-state index in [0.29, 0.717) is 43.3 Å². The van der Waals surface area contributed by atoms with Crippen LogP contribution in [0.25, 0.3) is 11.4 Å². The first-order valence-electron chi connectivity index (χ1n) is 12.0. The lowest BCUT2D eigenvalue weighted by atomic mass is 9.95. The molecule has 8 heteroatoms. The second-order valence-corrected chi connectivity index (χ2v) is 9.29. The normalized spacial score (nSPS) is 20.8. The summed E-state index contributed by atoms with van der Waals surface area (Å²) in [6.07, 6.45) is 1.81. The molecule has 2 aliphatic rings. The Morgan fingerprint density at radius 1 is 1.06 bits per heavy atom. The van der Waals surface area contributed by atoms with Gasteiger partial charge < -0.3 is 14.7 Å². The molecule has 2 fully saturated rings. The summed E-state index contributed by atoms with van der Waals surface area (Å²) in [6, 6.07) is 10.9. The van der Waals surface area contributed by atoms with Crippen LogP contribution in [0, 0.1) is 20.8 Å². The first kappa shape index (κ1) is 23.3. The average Bonchev–Trinajstić information content (AvgIpc) is 3.33. The zero-order valence-electron chi connectivity index (χ0n) is 20.3. The highest BCUT2D eigenvalue weighted by atomic mass is 16.5. The van der Waals surface area contributed by atoms with Crippen molar-refractivity contribution in [3.05, 3.63) is 76.2 Å². The molecule has 1 atom stereocenters. The van der Waals surface area contributed by atoms with E-state index < -0.39 is 17.7 Å². The fourth-order valence-corrected chi connectivity index (χ4v) is 5.01. The first-order chi connectivity index (χ1) is 16.9. The molecule has 3 aromatic rings. The van der Waals surface area contributed by atoms with Gasteiger partial charge in [0.05, 0.1) is 30.5 Å². The number of Topliss-reactive ketones (excluding diaryl/α,β-unsaturated/α-hetero) is 1. The number of imidazole rings is 1. The summed E-state index contributed by atoms with van der Waals surface area (Å²) >= 11 is 0. The number of aromatic nitrogens is 2. The average molecular weight is 475 g/mol. The number of aryl methyl sites for hydroxylation is 3. The van der Waals surface area contributed by atoms with Gasteiger partial charge in [-0.3, -0.25) is 18.9 Å². The second kappa shape index (κ2) is 9.28. The Hall–Kier alpha value is -3.49. The minimum absolute atomic E-state index is 0.104. The van der Waals surface area contributed by atoms with Gasteiger partial charge in [0.2, 0.25) is 0 Å². The van der Waals surface area contributed by atoms with E-state index in [1.807, 2.05) is 56.4 Å². The largest absolute Gasteiger partial charge is 0.505 e. The Morgan fingerprint density at radius 3 is 2.49 bits per heavy atom. The number of aliphatic hydroxyl groups is 1. The molecule has 4 heterocycles. The Morgan fingerprint density at radius 2 is 1.77 bits per heavy atom. The van der Waals surface area contributed by atoms with Crippen molar-refractivity contribution in [2.45, 2.75) is 26.8 Å². The zero-order chi connectivity index (χ0) is 24.7. The minimum atomic E-state index is -0.675. The summed E-state index contributed by atoms with van der Waals surface area (Å²) in [4.78, 5) is 35.1. The van der Waals surface area contributed by atoms with Crippen LogP contribution in [-0.2, 0) is 14.3 Å². The topological polar surface area (TPSA) is 87.4 Å². The molecular formula is C27H30N4O4. The third kappa shape index (κ3) is 4.13. The lowest BCUT2D eigenvalue weighted by Gasteiger charge is -2.31. The number of benzene rings is 1. The van der Waals surface area contributed by atoms with E-state index in [1.54, 1.807) is 16.2 Å². The Balaban J connectivity index is 1.62. The monoisotopic (exact) mass is 474 g/mol. The van der Waals surface area contributed by atoms with E-state index in [0.717, 1.165) is 29.8 Å². The number of ketones is 1. The van der Waals surface area contributed by atoms with Crippen LogP contribution in [0.4, 0.5) is 0 Å². The molecule has 1 aromatic carbocycles. The SMILES string of the molecule is Cc1ccc(C2C(=C(O)c3c(C)nc4c(C)cccn34)C(=O)C(=O)N2CCN2CCOCC2)cc1. The standard InChI is InChI=1S/C27H30N4O4/c1-17-6-8-20(9-7-17)23-21(24(32)22-19(3)28-26-18(2)5-4-10-30(22)26)25(33)27(34)31(23)12-11-29-13-15-35-16-14-29/h4-10,23,32H,11-16H2,1-3H3. The molecule has 1 N–H and O–H groups in total. The van der Waals surface area contributed by atoms with Gasteiger partial charge in [0.25, 0.3) is 11.7 Å². The van der Waals surface area contributed by atoms with Crippen molar-refractivity contribution >= 4 is 23.1 Å². The van der Waals surface area contributed by atoms with Crippen molar-refractivity contribution in [3.63, 3.8) is 0 Å². The Kier molecular flexibility index (Phi) is 6.17. The summed E-state index contributed by atoms with van der Waals surface area (Å²) in [5, 5.41) is 11.6. The van der Waals surface area contributed by atoms with Gasteiger partial charge in [-0.15, -0.1) is 0 Å². The highest BCUT2D eigenvalue weighted by Gasteiger charge is 2.46. The molecule has 1 unspecified atom stereocenters. The molecule has 0 spiro atoms. The lowest BCUT2D eigenvalue weighted by molar-refractivity contribution is -0.140. The number of hydrogen-bond donors (Lipinski definition) is 1. The Bertz CT molecular complexity index is 1320. The van der Waals surface area contributed by atoms with Crippen molar-refractivity contribution in [2.75, 3.05) is 39.4 Å². The molecule has 0 bridgehead atoms. The summed E-state index contributed by atoms with van der Waals surface area (Å²) < 4.78 is 7.22. The fourth-order valence-electron chi connectivity index (χ4n) is 5.01. The van der Waals surface area contributed by atoms with Crippen LogP contribution in [0.5, 0.6) is 0 Å². The van der Waals surface area contributed by atoms with Crippen molar-refractivity contribution in [1.82, 2.24) is 19.2 Å². The van der Waals surface area contributed by atoms with Crippen molar-refractivity contribution in [2.24, 2.45) is 0 Å². The van der Waals surface area contributed by atoms with E-state index in [-0.39, 0.29) is 11.3 Å². The molecule has 2 saturated heterocycles. The maximum absolute atomic E-state index is 13.4. The molecule has 1 amide bonds. The quantitative estimate of drug-likeness (QED) is 0.348. The smallest absolute Gasteiger partial charge is 0.295 e. The maximum Gasteiger partial charge on any atom is 0.295 e. The number of nitrogens with zero attached hydrogens (tertiary/aromatic N) is 4. The highest BCUT2D eigenvalue weighted by molar-refractivity contribution is 6.46. The number of amides is 1. The van der Waals surface area contributed by atoms with E-state index >= 15 is 0 Å². The van der Waals surface area contributed by atoms with Crippen LogP contribution in [-0.4, -0.2) is 75.4 Å². The molecule has 5 rings (SSSR count). The van der Waals surface area contributed by atoms with Crippen LogP contribution < -0.4 is 0 Å². The Labute approximate surface area is 204 Å². The van der Waals surface area contributed by atoms with Gasteiger partial charge >= 0.3 is 0 Å². The van der Waals surface area contributed by atoms with Gasteiger partial charge in [0.1, 0.15) is 11.3 Å². The molecular weight excluding hydrogens is 444 g/mol. The van der Waals surface area contributed by atoms with Crippen LogP contribution >= 0.6 is 0 Å². The van der Waals surface area contributed by atoms with Crippen LogP contribution in [0.1, 0.15) is 34.1 Å². The number of rotatable bonds is 5. The molecule has 0 saturated carbocycles. The number of carbonyl (C=O) groups excluding carboxylic acids is 2. The molecule has 2 aromatic heterocycles. The van der Waals surface area contributed by atoms with Crippen molar-refractivity contribution in [3.8, 4) is 0 Å². The summed E-state index contributed by atoms with van der Waals surface area (Å²) in [7, 11) is 0. The number of carbonyl (C=O) groups is 2. The second-order valence-electron chi connectivity index (χ2n) is 9.29. The number of morpholine rings is 1. The molecule has 8 nitrogen and oxygen atoms in total. The summed E-state index contributed by atoms with van der Waals surface area (Å²) in [5.74, 6) is -1.46. The zero-order valence-corrected chi connectivity index (χ0v) is 20.3. The van der Waals surface area contributed by atoms with E-state index in [4.69, 9.17) is 4.74 Å². The third-order valence-corrected chi connectivity index (χ3v) is 6.94. The van der Waals surface area contributed by atoms with Gasteiger partial charge in [-0.05, 0) is 38.0 Å². The maximum atomic E-state index is 13.4. The van der Waals surface area contributed by atoms with E-state index in [9.17, 15) is 14.7 Å². The number of aliphatic hydroxyl groups excluding tert-OH is 1. The summed E-state index contributed by atoms with van der Waals surface area (Å²) in [6.45, 7) is 9.65. The van der Waals surface area contributed by atoms with Gasteiger partial charge in [-0.25, -0.2) is 4.98 Å². The van der Waals surface area contributed by atoms with Gasteiger partial charge in [0, 0.05) is 32.4 Å². The van der Waals surface area contributed by atoms with E-state index in [2.05, 4.69) is 9.88 Å². The number of pyridine rings is 1. The number of likely N-dealkylation sites (tertiary alicyclic amines) is 1. The number of fused-ring (bicyclic) bond motifs is 1. The van der Waals surface area contributed by atoms with Gasteiger partial charge in [-0.1, -0.05) is 35.9 Å². The highest BCUT2D eigenvalue weighted by Crippen LogP contribution is 2.40.